The molecule has 0 heterocycles. The van der Waals surface area contributed by atoms with E-state index in [-0.39, 0.29) is 5.91 Å². The summed E-state index contributed by atoms with van der Waals surface area (Å²) in [5.74, 6) is 0.790. The summed E-state index contributed by atoms with van der Waals surface area (Å²) in [4.78, 5) is 25.0. The third-order valence-electron chi connectivity index (χ3n) is 3.32. The van der Waals surface area contributed by atoms with Gasteiger partial charge in [-0.25, -0.2) is 4.79 Å². The number of hydrogen-bond donors (Lipinski definition) is 1. The smallest absolute Gasteiger partial charge is 0.407 e. The molecule has 1 aromatic carbocycles. The molecule has 0 spiro atoms. The van der Waals surface area contributed by atoms with Gasteiger partial charge in [-0.3, -0.25) is 4.79 Å². The number of alkyl carbamates (subject to hydrolysis) is 1. The molecule has 0 saturated heterocycles. The van der Waals surface area contributed by atoms with E-state index in [1.165, 1.54) is 6.92 Å². The van der Waals surface area contributed by atoms with Crippen LogP contribution in [0.3, 0.4) is 0 Å². The standard InChI is InChI=1S/C18H28N2O4/c1-14(21)20(13-11-19-17(22)24-18(2,3)4)12-10-15-6-8-16(23-5)9-7-15/h6-9H,10-13H2,1-5H3,(H,19,22). The van der Waals surface area contributed by atoms with Crippen LogP contribution >= 0.6 is 0 Å². The molecule has 0 unspecified atom stereocenters. The minimum Gasteiger partial charge on any atom is -0.497 e. The van der Waals surface area contributed by atoms with Crippen LogP contribution in [-0.4, -0.2) is 49.2 Å². The third-order valence-corrected chi connectivity index (χ3v) is 3.32. The first-order valence-corrected chi connectivity index (χ1v) is 8.06. The third kappa shape index (κ3) is 7.85. The summed E-state index contributed by atoms with van der Waals surface area (Å²) < 4.78 is 10.3. The quantitative estimate of drug-likeness (QED) is 0.831. The van der Waals surface area contributed by atoms with Gasteiger partial charge in [-0.05, 0) is 44.9 Å². The predicted octanol–water partition coefficient (Wildman–Crippen LogP) is 2.61. The van der Waals surface area contributed by atoms with Crippen LogP contribution in [-0.2, 0) is 16.0 Å². The van der Waals surface area contributed by atoms with Crippen LogP contribution in [0, 0.1) is 0 Å². The normalized spacial score (nSPS) is 10.9. The summed E-state index contributed by atoms with van der Waals surface area (Å²) in [6, 6.07) is 7.77. The van der Waals surface area contributed by atoms with Gasteiger partial charge >= 0.3 is 6.09 Å². The number of methoxy groups -OCH3 is 1. The van der Waals surface area contributed by atoms with Gasteiger partial charge < -0.3 is 19.7 Å². The lowest BCUT2D eigenvalue weighted by molar-refractivity contribution is -0.128. The molecule has 1 N–H and O–H groups in total. The fourth-order valence-corrected chi connectivity index (χ4v) is 2.09. The van der Waals surface area contributed by atoms with Crippen molar-refractivity contribution >= 4 is 12.0 Å². The number of rotatable bonds is 7. The van der Waals surface area contributed by atoms with Crippen LogP contribution in [0.15, 0.2) is 24.3 Å². The van der Waals surface area contributed by atoms with Gasteiger partial charge in [0.2, 0.25) is 5.91 Å². The molecule has 0 aromatic heterocycles. The summed E-state index contributed by atoms with van der Waals surface area (Å²) >= 11 is 0. The van der Waals surface area contributed by atoms with Crippen molar-refractivity contribution in [3.8, 4) is 5.75 Å². The number of amides is 2. The van der Waals surface area contributed by atoms with Gasteiger partial charge in [0.05, 0.1) is 7.11 Å². The van der Waals surface area contributed by atoms with E-state index in [2.05, 4.69) is 5.32 Å². The molecule has 0 aliphatic carbocycles. The average molecular weight is 336 g/mol. The van der Waals surface area contributed by atoms with E-state index in [1.807, 2.05) is 45.0 Å². The Morgan fingerprint density at radius 2 is 1.75 bits per heavy atom. The molecular formula is C18H28N2O4. The van der Waals surface area contributed by atoms with Crippen molar-refractivity contribution in [3.63, 3.8) is 0 Å². The average Bonchev–Trinajstić information content (AvgIpc) is 2.49. The number of benzene rings is 1. The van der Waals surface area contributed by atoms with E-state index in [0.29, 0.717) is 19.6 Å². The molecule has 0 saturated carbocycles. The summed E-state index contributed by atoms with van der Waals surface area (Å²) in [5, 5.41) is 2.67. The molecule has 6 heteroatoms. The zero-order valence-corrected chi connectivity index (χ0v) is 15.2. The van der Waals surface area contributed by atoms with Gasteiger partial charge in [-0.1, -0.05) is 12.1 Å². The van der Waals surface area contributed by atoms with Gasteiger partial charge in [0.25, 0.3) is 0 Å². The first kappa shape index (κ1) is 19.8. The second-order valence-electron chi connectivity index (χ2n) is 6.53. The van der Waals surface area contributed by atoms with Crippen LogP contribution in [0.5, 0.6) is 5.75 Å². The Kier molecular flexibility index (Phi) is 7.55. The maximum Gasteiger partial charge on any atom is 0.407 e. The minimum atomic E-state index is -0.529. The SMILES string of the molecule is COc1ccc(CCN(CCNC(=O)OC(C)(C)C)C(C)=O)cc1. The molecule has 24 heavy (non-hydrogen) atoms. The second-order valence-corrected chi connectivity index (χ2v) is 6.53. The van der Waals surface area contributed by atoms with Gasteiger partial charge in [0.15, 0.2) is 0 Å². The largest absolute Gasteiger partial charge is 0.497 e. The number of hydrogen-bond acceptors (Lipinski definition) is 4. The van der Waals surface area contributed by atoms with Gasteiger partial charge in [0, 0.05) is 26.6 Å². The lowest BCUT2D eigenvalue weighted by atomic mass is 10.1. The van der Waals surface area contributed by atoms with Gasteiger partial charge in [-0.2, -0.15) is 0 Å². The van der Waals surface area contributed by atoms with E-state index in [9.17, 15) is 9.59 Å². The van der Waals surface area contributed by atoms with E-state index in [4.69, 9.17) is 9.47 Å². The predicted molar refractivity (Wildman–Crippen MR) is 93.2 cm³/mol. The Morgan fingerprint density at radius 3 is 2.25 bits per heavy atom. The molecular weight excluding hydrogens is 308 g/mol. The topological polar surface area (TPSA) is 67.9 Å². The first-order chi connectivity index (χ1) is 11.2. The molecule has 0 aliphatic rings. The number of carbonyl (C=O) groups is 2. The summed E-state index contributed by atoms with van der Waals surface area (Å²) in [7, 11) is 1.63. The van der Waals surface area contributed by atoms with Crippen molar-refractivity contribution < 1.29 is 19.1 Å². The Bertz CT molecular complexity index is 535. The Labute approximate surface area is 144 Å². The number of nitrogens with one attached hydrogen (secondary N) is 1. The zero-order chi connectivity index (χ0) is 18.2. The van der Waals surface area contributed by atoms with Crippen LogP contribution in [0.4, 0.5) is 4.79 Å². The fourth-order valence-electron chi connectivity index (χ4n) is 2.09. The van der Waals surface area contributed by atoms with E-state index in [1.54, 1.807) is 12.0 Å². The molecule has 6 nitrogen and oxygen atoms in total. The van der Waals surface area contributed by atoms with Crippen LogP contribution in [0.2, 0.25) is 0 Å². The Hall–Kier alpha value is -2.24. The van der Waals surface area contributed by atoms with Crippen LogP contribution in [0.1, 0.15) is 33.3 Å². The number of nitrogens with zero attached hydrogens (tertiary/aromatic N) is 1. The molecule has 0 aliphatic heterocycles. The highest BCUT2D eigenvalue weighted by Crippen LogP contribution is 2.12. The highest BCUT2D eigenvalue weighted by Gasteiger charge is 2.16. The summed E-state index contributed by atoms with van der Waals surface area (Å²) in [6.07, 6.45) is 0.275. The molecule has 134 valence electrons. The first-order valence-electron chi connectivity index (χ1n) is 8.06. The van der Waals surface area contributed by atoms with E-state index in [0.717, 1.165) is 17.7 Å². The molecule has 0 fully saturated rings. The highest BCUT2D eigenvalue weighted by molar-refractivity contribution is 5.73. The van der Waals surface area contributed by atoms with E-state index >= 15 is 0 Å². The monoisotopic (exact) mass is 336 g/mol. The molecule has 0 atom stereocenters. The van der Waals surface area contributed by atoms with Crippen molar-refractivity contribution in [3.05, 3.63) is 29.8 Å². The molecule has 2 amide bonds. The number of carbonyl (C=O) groups excluding carboxylic acids is 2. The minimum absolute atomic E-state index is 0.0190. The van der Waals surface area contributed by atoms with Gasteiger partial charge in [0.1, 0.15) is 11.4 Å². The van der Waals surface area contributed by atoms with Crippen LogP contribution < -0.4 is 10.1 Å². The van der Waals surface area contributed by atoms with Crippen molar-refractivity contribution in [1.82, 2.24) is 10.2 Å². The second kappa shape index (κ2) is 9.15. The molecule has 0 radical (unpaired) electrons. The van der Waals surface area contributed by atoms with Crippen LogP contribution in [0.25, 0.3) is 0 Å². The molecule has 0 bridgehead atoms. The fraction of sp³-hybridized carbons (Fsp3) is 0.556. The lowest BCUT2D eigenvalue weighted by Crippen LogP contribution is -2.40. The van der Waals surface area contributed by atoms with E-state index < -0.39 is 11.7 Å². The zero-order valence-electron chi connectivity index (χ0n) is 15.2. The summed E-state index contributed by atoms with van der Waals surface area (Å²) in [5.41, 5.74) is 0.598. The number of ether oxygens (including phenoxy) is 2. The van der Waals surface area contributed by atoms with Crippen molar-refractivity contribution in [1.29, 1.82) is 0 Å². The van der Waals surface area contributed by atoms with Crippen molar-refractivity contribution in [2.75, 3.05) is 26.7 Å². The van der Waals surface area contributed by atoms with Gasteiger partial charge in [-0.15, -0.1) is 0 Å². The van der Waals surface area contributed by atoms with Crippen molar-refractivity contribution in [2.45, 2.75) is 39.7 Å². The lowest BCUT2D eigenvalue weighted by Gasteiger charge is -2.23. The maximum absolute atomic E-state index is 11.7. The maximum atomic E-state index is 11.7. The Balaban J connectivity index is 2.41. The molecule has 1 rings (SSSR count). The summed E-state index contributed by atoms with van der Waals surface area (Å²) in [6.45, 7) is 8.36. The highest BCUT2D eigenvalue weighted by atomic mass is 16.6. The van der Waals surface area contributed by atoms with Crippen molar-refractivity contribution in [2.24, 2.45) is 0 Å². The Morgan fingerprint density at radius 1 is 1.12 bits per heavy atom. The molecule has 1 aromatic rings.